The highest BCUT2D eigenvalue weighted by atomic mass is 35.5. The fraction of sp³-hybridized carbons (Fsp3) is 0.467. The van der Waals surface area contributed by atoms with E-state index in [9.17, 15) is 0 Å². The largest absolute Gasteiger partial charge is 0.378 e. The van der Waals surface area contributed by atoms with Crippen LogP contribution >= 0.6 is 24.8 Å². The SMILES string of the molecule is Cc1ccc(NC(CN)c2nc(N3CCOCC3)n[nH]2)cc1.Cl.Cl. The summed E-state index contributed by atoms with van der Waals surface area (Å²) < 4.78 is 5.35. The third-order valence-electron chi connectivity index (χ3n) is 3.74. The number of anilines is 2. The highest BCUT2D eigenvalue weighted by Gasteiger charge is 2.19. The fourth-order valence-electron chi connectivity index (χ4n) is 2.42. The Morgan fingerprint density at radius 2 is 1.92 bits per heavy atom. The lowest BCUT2D eigenvalue weighted by atomic mass is 10.2. The number of hydrogen-bond acceptors (Lipinski definition) is 6. The van der Waals surface area contributed by atoms with Crippen LogP contribution in [0.4, 0.5) is 11.6 Å². The number of nitrogens with one attached hydrogen (secondary N) is 2. The first-order valence-corrected chi connectivity index (χ1v) is 7.54. The quantitative estimate of drug-likeness (QED) is 0.740. The van der Waals surface area contributed by atoms with Crippen LogP contribution in [0, 0.1) is 6.92 Å². The van der Waals surface area contributed by atoms with Gasteiger partial charge in [0.2, 0.25) is 5.95 Å². The third kappa shape index (κ3) is 4.98. The number of ether oxygens (including phenoxy) is 1. The van der Waals surface area contributed by atoms with Crippen molar-refractivity contribution in [2.45, 2.75) is 13.0 Å². The molecule has 1 aromatic heterocycles. The van der Waals surface area contributed by atoms with Crippen LogP contribution in [0.15, 0.2) is 24.3 Å². The number of nitrogens with zero attached hydrogens (tertiary/aromatic N) is 3. The number of halogens is 2. The summed E-state index contributed by atoms with van der Waals surface area (Å²) in [5.74, 6) is 1.46. The molecule has 1 saturated heterocycles. The number of morpholine rings is 1. The molecule has 0 amide bonds. The van der Waals surface area contributed by atoms with E-state index in [2.05, 4.69) is 44.5 Å². The molecule has 1 aliphatic heterocycles. The minimum Gasteiger partial charge on any atom is -0.378 e. The Morgan fingerprint density at radius 1 is 1.25 bits per heavy atom. The van der Waals surface area contributed by atoms with Gasteiger partial charge < -0.3 is 20.7 Å². The van der Waals surface area contributed by atoms with E-state index < -0.39 is 0 Å². The summed E-state index contributed by atoms with van der Waals surface area (Å²) in [6.45, 7) is 5.56. The zero-order valence-electron chi connectivity index (χ0n) is 13.6. The van der Waals surface area contributed by atoms with Crippen LogP contribution in [0.5, 0.6) is 0 Å². The van der Waals surface area contributed by atoms with Crippen molar-refractivity contribution < 1.29 is 4.74 Å². The van der Waals surface area contributed by atoms with Crippen molar-refractivity contribution in [2.24, 2.45) is 5.73 Å². The molecule has 1 fully saturated rings. The molecule has 0 radical (unpaired) electrons. The van der Waals surface area contributed by atoms with E-state index >= 15 is 0 Å². The Morgan fingerprint density at radius 3 is 2.54 bits per heavy atom. The van der Waals surface area contributed by atoms with Crippen molar-refractivity contribution in [3.05, 3.63) is 35.7 Å². The number of benzene rings is 1. The summed E-state index contributed by atoms with van der Waals surface area (Å²) in [5, 5.41) is 10.7. The molecule has 0 saturated carbocycles. The number of aromatic amines is 1. The van der Waals surface area contributed by atoms with E-state index in [1.165, 1.54) is 5.56 Å². The van der Waals surface area contributed by atoms with Crippen LogP contribution in [0.2, 0.25) is 0 Å². The third-order valence-corrected chi connectivity index (χ3v) is 3.74. The Balaban J connectivity index is 0.00000144. The first kappa shape index (κ1) is 20.5. The molecule has 2 aromatic rings. The van der Waals surface area contributed by atoms with Gasteiger partial charge in [0.05, 0.1) is 19.3 Å². The van der Waals surface area contributed by atoms with Gasteiger partial charge in [-0.2, -0.15) is 4.98 Å². The van der Waals surface area contributed by atoms with E-state index in [4.69, 9.17) is 10.5 Å². The fourth-order valence-corrected chi connectivity index (χ4v) is 2.42. The zero-order valence-corrected chi connectivity index (χ0v) is 15.2. The molecule has 3 rings (SSSR count). The van der Waals surface area contributed by atoms with Crippen molar-refractivity contribution in [1.82, 2.24) is 15.2 Å². The monoisotopic (exact) mass is 374 g/mol. The highest BCUT2D eigenvalue weighted by molar-refractivity contribution is 5.85. The van der Waals surface area contributed by atoms with Crippen molar-refractivity contribution in [1.29, 1.82) is 0 Å². The summed E-state index contributed by atoms with van der Waals surface area (Å²) >= 11 is 0. The van der Waals surface area contributed by atoms with Crippen molar-refractivity contribution in [3.8, 4) is 0 Å². The van der Waals surface area contributed by atoms with Crippen LogP contribution in [-0.2, 0) is 4.74 Å². The molecule has 24 heavy (non-hydrogen) atoms. The van der Waals surface area contributed by atoms with Gasteiger partial charge in [-0.15, -0.1) is 29.9 Å². The summed E-state index contributed by atoms with van der Waals surface area (Å²) in [7, 11) is 0. The number of aryl methyl sites for hydroxylation is 1. The van der Waals surface area contributed by atoms with E-state index in [1.807, 2.05) is 12.1 Å². The molecule has 0 aliphatic carbocycles. The molecule has 1 aromatic carbocycles. The Kier molecular flexibility index (Phi) is 8.27. The standard InChI is InChI=1S/C15H22N6O.2ClH/c1-11-2-4-12(5-3-11)17-13(10-16)14-18-15(20-19-14)21-6-8-22-9-7-21;;/h2-5,13,17H,6-10,16H2,1H3,(H,18,19,20);2*1H. The Labute approximate surface area is 154 Å². The van der Waals surface area contributed by atoms with Gasteiger partial charge in [0, 0.05) is 25.3 Å². The Hall–Kier alpha value is -1.54. The molecular weight excluding hydrogens is 351 g/mol. The van der Waals surface area contributed by atoms with Gasteiger partial charge in [-0.1, -0.05) is 17.7 Å². The van der Waals surface area contributed by atoms with Gasteiger partial charge >= 0.3 is 0 Å². The van der Waals surface area contributed by atoms with Crippen LogP contribution < -0.4 is 16.0 Å². The molecule has 9 heteroatoms. The van der Waals surface area contributed by atoms with Crippen LogP contribution in [-0.4, -0.2) is 48.0 Å². The normalized spacial score (nSPS) is 15.2. The summed E-state index contributed by atoms with van der Waals surface area (Å²) in [5.41, 5.74) is 8.13. The van der Waals surface area contributed by atoms with Crippen molar-refractivity contribution in [2.75, 3.05) is 43.1 Å². The molecule has 0 spiro atoms. The lowest BCUT2D eigenvalue weighted by molar-refractivity contribution is 0.122. The number of nitrogens with two attached hydrogens (primary N) is 1. The van der Waals surface area contributed by atoms with Gasteiger partial charge in [0.15, 0.2) is 0 Å². The minimum atomic E-state index is -0.0926. The first-order valence-electron chi connectivity index (χ1n) is 7.54. The predicted molar refractivity (Wildman–Crippen MR) is 101 cm³/mol. The number of rotatable bonds is 5. The molecule has 7 nitrogen and oxygen atoms in total. The topological polar surface area (TPSA) is 92.1 Å². The van der Waals surface area contributed by atoms with E-state index in [0.717, 1.165) is 24.6 Å². The van der Waals surface area contributed by atoms with E-state index in [0.29, 0.717) is 25.7 Å². The molecule has 2 heterocycles. The molecule has 134 valence electrons. The smallest absolute Gasteiger partial charge is 0.244 e. The van der Waals surface area contributed by atoms with Crippen molar-refractivity contribution in [3.63, 3.8) is 0 Å². The molecular formula is C15H24Cl2N6O. The lowest BCUT2D eigenvalue weighted by Gasteiger charge is -2.25. The average Bonchev–Trinajstić information content (AvgIpc) is 3.05. The number of hydrogen-bond donors (Lipinski definition) is 3. The Bertz CT molecular complexity index is 600. The maximum atomic E-state index is 5.89. The lowest BCUT2D eigenvalue weighted by Crippen LogP contribution is -2.37. The second kappa shape index (κ2) is 9.68. The van der Waals surface area contributed by atoms with Crippen LogP contribution in [0.1, 0.15) is 17.4 Å². The van der Waals surface area contributed by atoms with Crippen LogP contribution in [0.3, 0.4) is 0 Å². The molecule has 1 unspecified atom stereocenters. The maximum absolute atomic E-state index is 5.89. The van der Waals surface area contributed by atoms with Crippen LogP contribution in [0.25, 0.3) is 0 Å². The second-order valence-electron chi connectivity index (χ2n) is 5.42. The van der Waals surface area contributed by atoms with E-state index in [-0.39, 0.29) is 30.9 Å². The maximum Gasteiger partial charge on any atom is 0.244 e. The van der Waals surface area contributed by atoms with Gasteiger partial charge in [-0.3, -0.25) is 5.10 Å². The average molecular weight is 375 g/mol. The molecule has 1 atom stereocenters. The summed E-state index contributed by atoms with van der Waals surface area (Å²) in [6.07, 6.45) is 0. The minimum absolute atomic E-state index is 0. The summed E-state index contributed by atoms with van der Waals surface area (Å²) in [6, 6.07) is 8.12. The molecule has 4 N–H and O–H groups in total. The predicted octanol–water partition coefficient (Wildman–Crippen LogP) is 1.91. The molecule has 0 bridgehead atoms. The number of aromatic nitrogens is 3. The van der Waals surface area contributed by atoms with Gasteiger partial charge in [0.25, 0.3) is 0 Å². The first-order chi connectivity index (χ1) is 10.8. The summed E-state index contributed by atoms with van der Waals surface area (Å²) in [4.78, 5) is 6.69. The van der Waals surface area contributed by atoms with Crippen molar-refractivity contribution >= 4 is 36.4 Å². The highest BCUT2D eigenvalue weighted by Crippen LogP contribution is 2.18. The zero-order chi connectivity index (χ0) is 15.4. The van der Waals surface area contributed by atoms with Gasteiger partial charge in [-0.05, 0) is 19.1 Å². The second-order valence-corrected chi connectivity index (χ2v) is 5.42. The molecule has 1 aliphatic rings. The van der Waals surface area contributed by atoms with Gasteiger partial charge in [-0.25, -0.2) is 0 Å². The van der Waals surface area contributed by atoms with E-state index in [1.54, 1.807) is 0 Å². The van der Waals surface area contributed by atoms with Gasteiger partial charge in [0.1, 0.15) is 5.82 Å². The number of H-pyrrole nitrogens is 1.